The van der Waals surface area contributed by atoms with Crippen LogP contribution in [-0.2, 0) is 16.4 Å². The van der Waals surface area contributed by atoms with Crippen LogP contribution in [0.2, 0.25) is 0 Å². The van der Waals surface area contributed by atoms with Crippen molar-refractivity contribution in [2.45, 2.75) is 50.0 Å². The Morgan fingerprint density at radius 2 is 1.95 bits per heavy atom. The van der Waals surface area contributed by atoms with Crippen LogP contribution in [0.1, 0.15) is 38.2 Å². The van der Waals surface area contributed by atoms with Crippen LogP contribution in [0.25, 0.3) is 0 Å². The molecule has 1 aliphatic carbocycles. The van der Waals surface area contributed by atoms with Crippen molar-refractivity contribution in [2.75, 3.05) is 7.05 Å². The van der Waals surface area contributed by atoms with Crippen molar-refractivity contribution >= 4 is 10.0 Å². The van der Waals surface area contributed by atoms with Gasteiger partial charge in [-0.05, 0) is 36.5 Å². The largest absolute Gasteiger partial charge is 0.243 e. The van der Waals surface area contributed by atoms with E-state index in [1.807, 2.05) is 0 Å². The molecule has 2 atom stereocenters. The molecule has 0 aliphatic heterocycles. The van der Waals surface area contributed by atoms with E-state index in [-0.39, 0.29) is 6.04 Å². The molecule has 0 bridgehead atoms. The molecule has 2 unspecified atom stereocenters. The molecule has 0 radical (unpaired) electrons. The lowest BCUT2D eigenvalue weighted by Crippen LogP contribution is -2.39. The number of rotatable bonds is 4. The van der Waals surface area contributed by atoms with Crippen molar-refractivity contribution in [2.24, 2.45) is 5.92 Å². The summed E-state index contributed by atoms with van der Waals surface area (Å²) < 4.78 is 26.9. The Balaban J connectivity index is 2.18. The SMILES string of the molecule is CC1CCCC(N(C)S(=O)(=O)c2ccc(CC#N)cc2)C1. The van der Waals surface area contributed by atoms with E-state index in [9.17, 15) is 8.42 Å². The summed E-state index contributed by atoms with van der Waals surface area (Å²) in [5.74, 6) is 0.583. The van der Waals surface area contributed by atoms with Crippen LogP contribution in [0.5, 0.6) is 0 Å². The van der Waals surface area contributed by atoms with Crippen LogP contribution < -0.4 is 0 Å². The number of hydrogen-bond acceptors (Lipinski definition) is 3. The third kappa shape index (κ3) is 3.63. The van der Waals surface area contributed by atoms with Gasteiger partial charge in [0, 0.05) is 13.1 Å². The first-order valence-electron chi connectivity index (χ1n) is 7.39. The first kappa shape index (κ1) is 16.0. The third-order valence-electron chi connectivity index (χ3n) is 4.31. The topological polar surface area (TPSA) is 61.2 Å². The van der Waals surface area contributed by atoms with Gasteiger partial charge < -0.3 is 0 Å². The number of nitrogens with zero attached hydrogens (tertiary/aromatic N) is 2. The molecule has 2 rings (SSSR count). The summed E-state index contributed by atoms with van der Waals surface area (Å²) in [6.07, 6.45) is 4.45. The van der Waals surface area contributed by atoms with Crippen molar-refractivity contribution in [3.8, 4) is 6.07 Å². The molecule has 4 nitrogen and oxygen atoms in total. The van der Waals surface area contributed by atoms with Crippen molar-refractivity contribution in [3.63, 3.8) is 0 Å². The van der Waals surface area contributed by atoms with Crippen molar-refractivity contribution in [1.29, 1.82) is 5.26 Å². The second-order valence-electron chi connectivity index (χ2n) is 5.93. The minimum absolute atomic E-state index is 0.0949. The van der Waals surface area contributed by atoms with E-state index in [1.165, 1.54) is 10.7 Å². The summed E-state index contributed by atoms with van der Waals surface area (Å²) in [7, 11) is -1.76. The molecule has 1 aliphatic rings. The lowest BCUT2D eigenvalue weighted by Gasteiger charge is -2.33. The minimum atomic E-state index is -3.44. The van der Waals surface area contributed by atoms with Crippen LogP contribution in [0.4, 0.5) is 0 Å². The van der Waals surface area contributed by atoms with Gasteiger partial charge in [0.15, 0.2) is 0 Å². The summed E-state index contributed by atoms with van der Waals surface area (Å²) in [5.41, 5.74) is 0.838. The fourth-order valence-corrected chi connectivity index (χ4v) is 4.36. The van der Waals surface area contributed by atoms with Gasteiger partial charge in [0.25, 0.3) is 0 Å². The maximum atomic E-state index is 12.7. The Labute approximate surface area is 127 Å². The van der Waals surface area contributed by atoms with Crippen LogP contribution >= 0.6 is 0 Å². The average Bonchev–Trinajstić information content (AvgIpc) is 2.47. The highest BCUT2D eigenvalue weighted by molar-refractivity contribution is 7.89. The van der Waals surface area contributed by atoms with E-state index in [0.29, 0.717) is 17.2 Å². The maximum absolute atomic E-state index is 12.7. The molecule has 1 fully saturated rings. The highest BCUT2D eigenvalue weighted by Gasteiger charge is 2.30. The smallest absolute Gasteiger partial charge is 0.207 e. The standard InChI is InChI=1S/C16H22N2O2S/c1-13-4-3-5-15(12-13)18(2)21(19,20)16-8-6-14(7-9-16)10-11-17/h6-9,13,15H,3-5,10,12H2,1-2H3. The Kier molecular flexibility index (Phi) is 5.02. The fraction of sp³-hybridized carbons (Fsp3) is 0.562. The summed E-state index contributed by atoms with van der Waals surface area (Å²) in [6, 6.07) is 8.79. The molecule has 0 saturated heterocycles. The second-order valence-corrected chi connectivity index (χ2v) is 7.92. The lowest BCUT2D eigenvalue weighted by atomic mass is 9.87. The quantitative estimate of drug-likeness (QED) is 0.859. The first-order chi connectivity index (χ1) is 9.95. The van der Waals surface area contributed by atoms with Gasteiger partial charge in [-0.1, -0.05) is 31.9 Å². The van der Waals surface area contributed by atoms with Gasteiger partial charge in [0.1, 0.15) is 0 Å². The van der Waals surface area contributed by atoms with Gasteiger partial charge >= 0.3 is 0 Å². The number of nitriles is 1. The molecule has 0 spiro atoms. The van der Waals surface area contributed by atoms with Crippen molar-refractivity contribution in [1.82, 2.24) is 4.31 Å². The Bertz CT molecular complexity index is 617. The van der Waals surface area contributed by atoms with Gasteiger partial charge in [0.05, 0.1) is 17.4 Å². The minimum Gasteiger partial charge on any atom is -0.207 e. The molecule has 1 saturated carbocycles. The van der Waals surface area contributed by atoms with E-state index in [4.69, 9.17) is 5.26 Å². The Morgan fingerprint density at radius 3 is 2.52 bits per heavy atom. The van der Waals surface area contributed by atoms with E-state index >= 15 is 0 Å². The van der Waals surface area contributed by atoms with E-state index in [0.717, 1.165) is 24.8 Å². The predicted molar refractivity (Wildman–Crippen MR) is 82.1 cm³/mol. The van der Waals surface area contributed by atoms with E-state index in [1.54, 1.807) is 31.3 Å². The Hall–Kier alpha value is -1.38. The summed E-state index contributed by atoms with van der Waals surface area (Å²) >= 11 is 0. The normalized spacial score (nSPS) is 23.0. The third-order valence-corrected chi connectivity index (χ3v) is 6.23. The molecule has 114 valence electrons. The molecule has 1 aromatic carbocycles. The zero-order valence-electron chi connectivity index (χ0n) is 12.6. The molecular weight excluding hydrogens is 284 g/mol. The average molecular weight is 306 g/mol. The Morgan fingerprint density at radius 1 is 1.29 bits per heavy atom. The number of sulfonamides is 1. The molecule has 0 amide bonds. The van der Waals surface area contributed by atoms with Crippen LogP contribution in [0, 0.1) is 17.2 Å². The molecule has 21 heavy (non-hydrogen) atoms. The second kappa shape index (κ2) is 6.59. The highest BCUT2D eigenvalue weighted by Crippen LogP contribution is 2.29. The predicted octanol–water partition coefficient (Wildman–Crippen LogP) is 2.95. The summed E-state index contributed by atoms with van der Waals surface area (Å²) in [6.45, 7) is 2.18. The van der Waals surface area contributed by atoms with Gasteiger partial charge in [-0.3, -0.25) is 0 Å². The zero-order valence-corrected chi connectivity index (χ0v) is 13.4. The molecule has 0 N–H and O–H groups in total. The lowest BCUT2D eigenvalue weighted by molar-refractivity contribution is 0.239. The molecular formula is C16H22N2O2S. The van der Waals surface area contributed by atoms with E-state index < -0.39 is 10.0 Å². The number of hydrogen-bond donors (Lipinski definition) is 0. The molecule has 0 heterocycles. The van der Waals surface area contributed by atoms with Crippen molar-refractivity contribution < 1.29 is 8.42 Å². The molecule has 5 heteroatoms. The monoisotopic (exact) mass is 306 g/mol. The molecule has 0 aromatic heterocycles. The van der Waals surface area contributed by atoms with Crippen LogP contribution in [0.15, 0.2) is 29.2 Å². The van der Waals surface area contributed by atoms with Crippen LogP contribution in [-0.4, -0.2) is 25.8 Å². The van der Waals surface area contributed by atoms with Gasteiger partial charge in [-0.15, -0.1) is 0 Å². The van der Waals surface area contributed by atoms with Crippen LogP contribution in [0.3, 0.4) is 0 Å². The summed E-state index contributed by atoms with van der Waals surface area (Å²) in [5, 5.41) is 8.66. The molecule has 1 aromatic rings. The van der Waals surface area contributed by atoms with Gasteiger partial charge in [-0.2, -0.15) is 9.57 Å². The fourth-order valence-electron chi connectivity index (χ4n) is 2.97. The first-order valence-corrected chi connectivity index (χ1v) is 8.83. The highest BCUT2D eigenvalue weighted by atomic mass is 32.2. The zero-order chi connectivity index (χ0) is 15.5. The van der Waals surface area contributed by atoms with E-state index in [2.05, 4.69) is 13.0 Å². The van der Waals surface area contributed by atoms with Crippen molar-refractivity contribution in [3.05, 3.63) is 29.8 Å². The van der Waals surface area contributed by atoms with Gasteiger partial charge in [-0.25, -0.2) is 8.42 Å². The number of benzene rings is 1. The maximum Gasteiger partial charge on any atom is 0.243 e. The summed E-state index contributed by atoms with van der Waals surface area (Å²) in [4.78, 5) is 0.310. The van der Waals surface area contributed by atoms with Gasteiger partial charge in [0.2, 0.25) is 10.0 Å².